The van der Waals surface area contributed by atoms with Crippen molar-refractivity contribution in [3.8, 4) is 0 Å². The van der Waals surface area contributed by atoms with Crippen molar-refractivity contribution < 1.29 is 4.79 Å². The lowest BCUT2D eigenvalue weighted by Crippen LogP contribution is -2.39. The molecule has 3 aromatic rings. The van der Waals surface area contributed by atoms with E-state index in [-0.39, 0.29) is 12.3 Å². The second-order valence-corrected chi connectivity index (χ2v) is 8.29. The average molecular weight is 421 g/mol. The molecule has 2 aromatic carbocycles. The predicted octanol–water partition coefficient (Wildman–Crippen LogP) is 2.72. The number of amides is 1. The molecule has 7 nitrogen and oxygen atoms in total. The molecule has 0 bridgehead atoms. The SMILES string of the molecule is Cc1ccccc1CC(=O)Nc1cc2c(cc1N1CCCCC1)n(C)c(=O)c(=O)n2C. The Morgan fingerprint density at radius 1 is 0.935 bits per heavy atom. The largest absolute Gasteiger partial charge is 0.370 e. The highest BCUT2D eigenvalue weighted by Gasteiger charge is 2.20. The number of hydrogen-bond donors (Lipinski definition) is 1. The molecule has 0 unspecified atom stereocenters. The van der Waals surface area contributed by atoms with E-state index < -0.39 is 11.1 Å². The van der Waals surface area contributed by atoms with Crippen LogP contribution in [-0.2, 0) is 25.3 Å². The van der Waals surface area contributed by atoms with Gasteiger partial charge in [0.2, 0.25) is 5.91 Å². The quantitative estimate of drug-likeness (QED) is 0.659. The van der Waals surface area contributed by atoms with Gasteiger partial charge in [0.05, 0.1) is 28.8 Å². The molecule has 0 spiro atoms. The van der Waals surface area contributed by atoms with Crippen LogP contribution in [-0.4, -0.2) is 28.1 Å². The molecule has 1 aliphatic heterocycles. The highest BCUT2D eigenvalue weighted by molar-refractivity contribution is 5.99. The fraction of sp³-hybridized carbons (Fsp3) is 0.375. The standard InChI is InChI=1S/C24H28N4O3/c1-16-9-5-6-10-17(16)13-22(29)25-18-14-20-21(27(3)24(31)23(30)26(20)2)15-19(18)28-11-7-4-8-12-28/h5-6,9-10,14-15H,4,7-8,11-13H2,1-3H3,(H,25,29). The van der Waals surface area contributed by atoms with E-state index >= 15 is 0 Å². The second kappa shape index (κ2) is 8.41. The normalized spacial score (nSPS) is 14.1. The third-order valence-corrected chi connectivity index (χ3v) is 6.19. The van der Waals surface area contributed by atoms with Gasteiger partial charge in [-0.3, -0.25) is 14.4 Å². The van der Waals surface area contributed by atoms with Gasteiger partial charge in [-0.1, -0.05) is 24.3 Å². The fourth-order valence-corrected chi connectivity index (χ4v) is 4.28. The number of benzene rings is 2. The van der Waals surface area contributed by atoms with Crippen LogP contribution in [0.5, 0.6) is 0 Å². The van der Waals surface area contributed by atoms with E-state index in [2.05, 4.69) is 10.2 Å². The Morgan fingerprint density at radius 3 is 2.19 bits per heavy atom. The first-order valence-corrected chi connectivity index (χ1v) is 10.7. The highest BCUT2D eigenvalue weighted by Crippen LogP contribution is 2.32. The van der Waals surface area contributed by atoms with Crippen molar-refractivity contribution in [3.63, 3.8) is 0 Å². The summed E-state index contributed by atoms with van der Waals surface area (Å²) < 4.78 is 2.75. The molecule has 1 aliphatic rings. The number of aryl methyl sites for hydroxylation is 3. The average Bonchev–Trinajstić information content (AvgIpc) is 2.78. The molecule has 1 fully saturated rings. The van der Waals surface area contributed by atoms with E-state index in [1.807, 2.05) is 43.3 Å². The first-order chi connectivity index (χ1) is 14.9. The summed E-state index contributed by atoms with van der Waals surface area (Å²) in [5, 5.41) is 3.07. The van der Waals surface area contributed by atoms with Crippen molar-refractivity contribution >= 4 is 28.3 Å². The molecule has 162 valence electrons. The molecule has 0 atom stereocenters. The van der Waals surface area contributed by atoms with Crippen LogP contribution in [0.25, 0.3) is 11.0 Å². The maximum Gasteiger partial charge on any atom is 0.316 e. The molecule has 1 N–H and O–H groups in total. The Hall–Kier alpha value is -3.35. The lowest BCUT2D eigenvalue weighted by molar-refractivity contribution is -0.115. The van der Waals surface area contributed by atoms with Crippen LogP contribution in [0.2, 0.25) is 0 Å². The summed E-state index contributed by atoms with van der Waals surface area (Å²) in [6.45, 7) is 3.78. The Kier molecular flexibility index (Phi) is 5.67. The van der Waals surface area contributed by atoms with Crippen LogP contribution in [0.1, 0.15) is 30.4 Å². The van der Waals surface area contributed by atoms with Gasteiger partial charge in [0.25, 0.3) is 0 Å². The zero-order valence-corrected chi connectivity index (χ0v) is 18.3. The van der Waals surface area contributed by atoms with Crippen molar-refractivity contribution in [2.24, 2.45) is 14.1 Å². The summed E-state index contributed by atoms with van der Waals surface area (Å²) in [5.74, 6) is -0.110. The Balaban J connectivity index is 1.79. The molecule has 2 heterocycles. The van der Waals surface area contributed by atoms with Gasteiger partial charge in [-0.25, -0.2) is 0 Å². The zero-order chi connectivity index (χ0) is 22.1. The molecular weight excluding hydrogens is 392 g/mol. The third kappa shape index (κ3) is 4.00. The summed E-state index contributed by atoms with van der Waals surface area (Å²) in [6.07, 6.45) is 3.63. The first kappa shape index (κ1) is 20.9. The van der Waals surface area contributed by atoms with E-state index in [9.17, 15) is 14.4 Å². The summed E-state index contributed by atoms with van der Waals surface area (Å²) in [5.41, 5.74) is 3.75. The number of nitrogens with zero attached hydrogens (tertiary/aromatic N) is 3. The van der Waals surface area contributed by atoms with Crippen LogP contribution < -0.4 is 21.3 Å². The van der Waals surface area contributed by atoms with Crippen molar-refractivity contribution in [3.05, 3.63) is 68.2 Å². The van der Waals surface area contributed by atoms with Gasteiger partial charge < -0.3 is 19.4 Å². The number of carbonyl (C=O) groups excluding carboxylic acids is 1. The van der Waals surface area contributed by atoms with Crippen molar-refractivity contribution in [2.75, 3.05) is 23.3 Å². The van der Waals surface area contributed by atoms with Gasteiger partial charge in [-0.15, -0.1) is 0 Å². The topological polar surface area (TPSA) is 76.3 Å². The minimum atomic E-state index is -0.585. The molecule has 1 aromatic heterocycles. The van der Waals surface area contributed by atoms with Crippen LogP contribution in [0.15, 0.2) is 46.0 Å². The second-order valence-electron chi connectivity index (χ2n) is 8.29. The van der Waals surface area contributed by atoms with Crippen LogP contribution in [0, 0.1) is 6.92 Å². The monoisotopic (exact) mass is 420 g/mol. The Labute approximate surface area is 180 Å². The van der Waals surface area contributed by atoms with Crippen molar-refractivity contribution in [1.82, 2.24) is 9.13 Å². The van der Waals surface area contributed by atoms with Crippen molar-refractivity contribution in [2.45, 2.75) is 32.6 Å². The van der Waals surface area contributed by atoms with Crippen LogP contribution in [0.4, 0.5) is 11.4 Å². The van der Waals surface area contributed by atoms with Gasteiger partial charge in [-0.05, 0) is 49.4 Å². The molecule has 7 heteroatoms. The van der Waals surface area contributed by atoms with E-state index in [4.69, 9.17) is 0 Å². The van der Waals surface area contributed by atoms with E-state index in [0.29, 0.717) is 16.7 Å². The van der Waals surface area contributed by atoms with E-state index in [1.54, 1.807) is 14.1 Å². The number of piperidine rings is 1. The molecular formula is C24H28N4O3. The van der Waals surface area contributed by atoms with Gasteiger partial charge in [-0.2, -0.15) is 0 Å². The summed E-state index contributed by atoms with van der Waals surface area (Å²) >= 11 is 0. The fourth-order valence-electron chi connectivity index (χ4n) is 4.28. The maximum absolute atomic E-state index is 12.9. The number of anilines is 2. The molecule has 0 saturated carbocycles. The molecule has 1 saturated heterocycles. The number of aromatic nitrogens is 2. The predicted molar refractivity (Wildman–Crippen MR) is 124 cm³/mol. The highest BCUT2D eigenvalue weighted by atomic mass is 16.2. The summed E-state index contributed by atoms with van der Waals surface area (Å²) in [7, 11) is 3.20. The number of fused-ring (bicyclic) bond motifs is 1. The Morgan fingerprint density at radius 2 is 1.55 bits per heavy atom. The van der Waals surface area contributed by atoms with E-state index in [0.717, 1.165) is 42.7 Å². The van der Waals surface area contributed by atoms with Gasteiger partial charge in [0.15, 0.2) is 0 Å². The van der Waals surface area contributed by atoms with E-state index in [1.165, 1.54) is 15.6 Å². The van der Waals surface area contributed by atoms with Crippen LogP contribution in [0.3, 0.4) is 0 Å². The third-order valence-electron chi connectivity index (χ3n) is 6.19. The number of hydrogen-bond acceptors (Lipinski definition) is 4. The molecule has 1 amide bonds. The minimum absolute atomic E-state index is 0.110. The summed E-state index contributed by atoms with van der Waals surface area (Å²) in [4.78, 5) is 39.8. The molecule has 0 radical (unpaired) electrons. The molecule has 4 rings (SSSR count). The lowest BCUT2D eigenvalue weighted by Gasteiger charge is -2.31. The summed E-state index contributed by atoms with van der Waals surface area (Å²) in [6, 6.07) is 11.6. The first-order valence-electron chi connectivity index (χ1n) is 10.7. The number of carbonyl (C=O) groups is 1. The van der Waals surface area contributed by atoms with Gasteiger partial charge in [0, 0.05) is 27.2 Å². The zero-order valence-electron chi connectivity index (χ0n) is 18.3. The minimum Gasteiger partial charge on any atom is -0.370 e. The molecule has 0 aliphatic carbocycles. The van der Waals surface area contributed by atoms with Gasteiger partial charge >= 0.3 is 11.1 Å². The van der Waals surface area contributed by atoms with Crippen LogP contribution >= 0.6 is 0 Å². The van der Waals surface area contributed by atoms with Crippen molar-refractivity contribution in [1.29, 1.82) is 0 Å². The van der Waals surface area contributed by atoms with Gasteiger partial charge in [0.1, 0.15) is 0 Å². The Bertz CT molecular complexity index is 1270. The number of rotatable bonds is 4. The molecule has 31 heavy (non-hydrogen) atoms. The number of nitrogens with one attached hydrogen (secondary N) is 1. The maximum atomic E-state index is 12.9. The smallest absolute Gasteiger partial charge is 0.316 e. The lowest BCUT2D eigenvalue weighted by atomic mass is 10.1.